The van der Waals surface area contributed by atoms with Crippen molar-refractivity contribution in [3.8, 4) is 16.8 Å². The van der Waals surface area contributed by atoms with E-state index in [1.165, 1.54) is 16.7 Å². The first kappa shape index (κ1) is 27.3. The van der Waals surface area contributed by atoms with Crippen LogP contribution in [0.25, 0.3) is 27.8 Å². The number of fused-ring (bicyclic) bond motifs is 1. The van der Waals surface area contributed by atoms with Crippen molar-refractivity contribution in [2.45, 2.75) is 11.1 Å². The maximum absolute atomic E-state index is 13.2. The molecule has 7 nitrogen and oxygen atoms in total. The fraction of sp³-hybridized carbons (Fsp3) is 0.172. The van der Waals surface area contributed by atoms with E-state index >= 15 is 0 Å². The van der Waals surface area contributed by atoms with Gasteiger partial charge in [-0.25, -0.2) is 18.4 Å². The molecule has 0 spiro atoms. The largest absolute Gasteiger partial charge is 0.416 e. The van der Waals surface area contributed by atoms with E-state index in [-0.39, 0.29) is 18.0 Å². The number of anilines is 1. The van der Waals surface area contributed by atoms with E-state index in [2.05, 4.69) is 9.97 Å². The zero-order valence-electron chi connectivity index (χ0n) is 21.5. The van der Waals surface area contributed by atoms with Crippen LogP contribution in [-0.2, 0) is 16.2 Å². The fourth-order valence-corrected chi connectivity index (χ4v) is 6.72. The Bertz CT molecular complexity index is 1840. The summed E-state index contributed by atoms with van der Waals surface area (Å²) in [5.74, 6) is 0.644. The van der Waals surface area contributed by atoms with Crippen LogP contribution in [0, 0.1) is 0 Å². The lowest BCUT2D eigenvalue weighted by atomic mass is 10.1. The van der Waals surface area contributed by atoms with Gasteiger partial charge >= 0.3 is 6.18 Å². The van der Waals surface area contributed by atoms with Gasteiger partial charge in [0, 0.05) is 48.6 Å². The monoisotopic (exact) mass is 597 g/mol. The number of aromatic nitrogens is 3. The third-order valence-corrected chi connectivity index (χ3v) is 9.20. The van der Waals surface area contributed by atoms with E-state index in [1.807, 2.05) is 64.2 Å². The molecule has 1 fully saturated rings. The van der Waals surface area contributed by atoms with Gasteiger partial charge in [-0.15, -0.1) is 0 Å². The van der Waals surface area contributed by atoms with Gasteiger partial charge in [0.1, 0.15) is 12.1 Å². The van der Waals surface area contributed by atoms with Crippen molar-refractivity contribution < 1.29 is 21.6 Å². The van der Waals surface area contributed by atoms with Crippen molar-refractivity contribution in [3.05, 3.63) is 102 Å². The molecule has 41 heavy (non-hydrogen) atoms. The summed E-state index contributed by atoms with van der Waals surface area (Å²) in [5.41, 5.74) is 2.34. The zero-order chi connectivity index (χ0) is 28.8. The van der Waals surface area contributed by atoms with E-state index in [4.69, 9.17) is 11.6 Å². The number of nitrogens with zero attached hydrogens (tertiary/aromatic N) is 5. The molecule has 0 radical (unpaired) electrons. The molecule has 0 saturated carbocycles. The molecule has 0 aliphatic carbocycles. The molecule has 0 unspecified atom stereocenters. The summed E-state index contributed by atoms with van der Waals surface area (Å²) in [6, 6.07) is 21.1. The fourth-order valence-electron chi connectivity index (χ4n) is 5.07. The van der Waals surface area contributed by atoms with E-state index < -0.39 is 21.8 Å². The van der Waals surface area contributed by atoms with Crippen LogP contribution in [0.1, 0.15) is 5.56 Å². The van der Waals surface area contributed by atoms with Crippen LogP contribution >= 0.6 is 11.6 Å². The molecule has 5 aromatic rings. The predicted octanol–water partition coefficient (Wildman–Crippen LogP) is 6.27. The number of hydrogen-bond donors (Lipinski definition) is 0. The van der Waals surface area contributed by atoms with Crippen LogP contribution in [0.15, 0.2) is 96.3 Å². The second-order valence-electron chi connectivity index (χ2n) is 9.57. The van der Waals surface area contributed by atoms with Crippen LogP contribution in [0.2, 0.25) is 5.02 Å². The Morgan fingerprint density at radius 2 is 1.56 bits per heavy atom. The van der Waals surface area contributed by atoms with E-state index in [9.17, 15) is 21.6 Å². The van der Waals surface area contributed by atoms with Gasteiger partial charge in [-0.1, -0.05) is 54.1 Å². The minimum atomic E-state index is -4.64. The SMILES string of the molecule is O=S(=O)(c1cccc(C(F)(F)F)c1)N1CCN(c2ncnc3c2c(-c2ccccc2)cn3-c2cccc(Cl)c2)CC1. The molecule has 1 aliphatic rings. The Morgan fingerprint density at radius 1 is 0.829 bits per heavy atom. The standard InChI is InChI=1S/C29H23ClF3N5O2S/c30-22-9-5-10-23(17-22)38-18-25(20-6-2-1-3-7-20)26-27(34-19-35-28(26)38)36-12-14-37(15-13-36)41(39,40)24-11-4-8-21(16-24)29(31,32)33/h1-11,16-19H,12-15H2. The van der Waals surface area contributed by atoms with Crippen LogP contribution < -0.4 is 4.90 Å². The van der Waals surface area contributed by atoms with Crippen LogP contribution in [0.3, 0.4) is 0 Å². The molecule has 1 saturated heterocycles. The Morgan fingerprint density at radius 3 is 2.27 bits per heavy atom. The van der Waals surface area contributed by atoms with Gasteiger partial charge in [-0.05, 0) is 42.0 Å². The molecule has 0 atom stereocenters. The van der Waals surface area contributed by atoms with Gasteiger partial charge in [0.25, 0.3) is 0 Å². The first-order chi connectivity index (χ1) is 19.6. The number of hydrogen-bond acceptors (Lipinski definition) is 5. The molecule has 210 valence electrons. The normalized spacial score (nSPS) is 15.0. The first-order valence-electron chi connectivity index (χ1n) is 12.7. The molecule has 0 N–H and O–H groups in total. The second-order valence-corrected chi connectivity index (χ2v) is 11.9. The second kappa shape index (κ2) is 10.5. The Hall–Kier alpha value is -3.93. The highest BCUT2D eigenvalue weighted by molar-refractivity contribution is 7.89. The zero-order valence-corrected chi connectivity index (χ0v) is 23.0. The van der Waals surface area contributed by atoms with E-state index in [0.29, 0.717) is 35.6 Å². The quantitative estimate of drug-likeness (QED) is 0.239. The van der Waals surface area contributed by atoms with Gasteiger partial charge in [-0.3, -0.25) is 0 Å². The predicted molar refractivity (Wildman–Crippen MR) is 152 cm³/mol. The molecular formula is C29H23ClF3N5O2S. The van der Waals surface area contributed by atoms with Crippen molar-refractivity contribution >= 4 is 38.5 Å². The Kier molecular flexibility index (Phi) is 6.96. The number of benzene rings is 3. The summed E-state index contributed by atoms with van der Waals surface area (Å²) < 4.78 is 69.3. The third-order valence-electron chi connectivity index (χ3n) is 7.07. The average molecular weight is 598 g/mol. The molecule has 3 heterocycles. The minimum Gasteiger partial charge on any atom is -0.353 e. The highest BCUT2D eigenvalue weighted by Gasteiger charge is 2.34. The highest BCUT2D eigenvalue weighted by Crippen LogP contribution is 2.38. The molecule has 1 aliphatic heterocycles. The molecular weight excluding hydrogens is 575 g/mol. The van der Waals surface area contributed by atoms with E-state index in [0.717, 1.165) is 34.3 Å². The number of alkyl halides is 3. The lowest BCUT2D eigenvalue weighted by Crippen LogP contribution is -2.49. The maximum Gasteiger partial charge on any atom is 0.416 e. The molecule has 0 amide bonds. The van der Waals surface area contributed by atoms with Gasteiger partial charge in [0.05, 0.1) is 15.8 Å². The summed E-state index contributed by atoms with van der Waals surface area (Å²) in [6.45, 7) is 0.751. The molecule has 0 bridgehead atoms. The lowest BCUT2D eigenvalue weighted by Gasteiger charge is -2.35. The Balaban J connectivity index is 1.36. The lowest BCUT2D eigenvalue weighted by molar-refractivity contribution is -0.137. The van der Waals surface area contributed by atoms with Crippen LogP contribution in [-0.4, -0.2) is 53.4 Å². The van der Waals surface area contributed by atoms with Crippen LogP contribution in [0.4, 0.5) is 19.0 Å². The van der Waals surface area contributed by atoms with Gasteiger partial charge in [0.2, 0.25) is 10.0 Å². The smallest absolute Gasteiger partial charge is 0.353 e. The molecule has 2 aromatic heterocycles. The average Bonchev–Trinajstić information content (AvgIpc) is 3.37. The number of rotatable bonds is 5. The summed E-state index contributed by atoms with van der Waals surface area (Å²) >= 11 is 6.28. The Labute approximate surface area is 239 Å². The summed E-state index contributed by atoms with van der Waals surface area (Å²) in [7, 11) is -4.12. The highest BCUT2D eigenvalue weighted by atomic mass is 35.5. The topological polar surface area (TPSA) is 71.3 Å². The van der Waals surface area contributed by atoms with Crippen molar-refractivity contribution in [1.82, 2.24) is 18.8 Å². The van der Waals surface area contributed by atoms with Crippen molar-refractivity contribution in [2.75, 3.05) is 31.1 Å². The van der Waals surface area contributed by atoms with Gasteiger partial charge in [-0.2, -0.15) is 17.5 Å². The van der Waals surface area contributed by atoms with Gasteiger partial charge < -0.3 is 9.47 Å². The summed E-state index contributed by atoms with van der Waals surface area (Å²) in [6.07, 6.45) is -1.18. The summed E-state index contributed by atoms with van der Waals surface area (Å²) in [4.78, 5) is 10.8. The maximum atomic E-state index is 13.2. The van der Waals surface area contributed by atoms with Gasteiger partial charge in [0.15, 0.2) is 5.65 Å². The van der Waals surface area contributed by atoms with Crippen molar-refractivity contribution in [1.29, 1.82) is 0 Å². The molecule has 12 heteroatoms. The number of sulfonamides is 1. The number of piperazine rings is 1. The van der Waals surface area contributed by atoms with Crippen molar-refractivity contribution in [3.63, 3.8) is 0 Å². The van der Waals surface area contributed by atoms with Crippen molar-refractivity contribution in [2.24, 2.45) is 0 Å². The third kappa shape index (κ3) is 5.16. The molecule has 3 aromatic carbocycles. The summed E-state index contributed by atoms with van der Waals surface area (Å²) in [5, 5.41) is 1.38. The van der Waals surface area contributed by atoms with Crippen LogP contribution in [0.5, 0.6) is 0 Å². The minimum absolute atomic E-state index is 0.0831. The first-order valence-corrected chi connectivity index (χ1v) is 14.5. The number of halogens is 4. The van der Waals surface area contributed by atoms with E-state index in [1.54, 1.807) is 6.07 Å². The molecule has 6 rings (SSSR count).